The van der Waals surface area contributed by atoms with Crippen LogP contribution >= 0.6 is 25.0 Å². The molecule has 0 fully saturated rings. The molecule has 0 aliphatic carbocycles. The number of benzene rings is 1. The molecule has 0 spiro atoms. The molecule has 6 N–H and O–H groups in total. The third-order valence-electron chi connectivity index (χ3n) is 0.733. The van der Waals surface area contributed by atoms with E-state index < -0.39 is 13.4 Å². The lowest BCUT2D eigenvalue weighted by Crippen LogP contribution is -1.65. The number of hydrogen-bond acceptors (Lipinski definition) is 2. The van der Waals surface area contributed by atoms with Gasteiger partial charge in [0.25, 0.3) is 0 Å². The number of rotatable bonds is 0. The third-order valence-corrected chi connectivity index (χ3v) is 0.985. The highest BCUT2D eigenvalue weighted by Gasteiger charge is 1.92. The van der Waals surface area contributed by atoms with E-state index in [-0.39, 0.29) is 0 Å². The van der Waals surface area contributed by atoms with Crippen molar-refractivity contribution in [2.24, 2.45) is 0 Å². The molecule has 21 heavy (non-hydrogen) atoms. The Hall–Kier alpha value is 0.570. The van der Waals surface area contributed by atoms with Crippen molar-refractivity contribution in [2.75, 3.05) is 0 Å². The summed E-state index contributed by atoms with van der Waals surface area (Å²) in [5.74, 6) is 0. The van der Waals surface area contributed by atoms with Gasteiger partial charge in [-0.3, -0.25) is 0 Å². The van der Waals surface area contributed by atoms with E-state index >= 15 is 0 Å². The SMILES string of the molecule is CC.CC.Clc1ccccc1.OP(O)(O)=S.OP(O)(O)=S. The van der Waals surface area contributed by atoms with E-state index in [9.17, 15) is 0 Å². The summed E-state index contributed by atoms with van der Waals surface area (Å²) >= 11 is 12.7. The van der Waals surface area contributed by atoms with E-state index in [2.05, 4.69) is 23.6 Å². The van der Waals surface area contributed by atoms with E-state index in [4.69, 9.17) is 41.0 Å². The van der Waals surface area contributed by atoms with Crippen molar-refractivity contribution in [1.82, 2.24) is 0 Å². The second-order valence-corrected chi connectivity index (χ2v) is 7.75. The van der Waals surface area contributed by atoms with Crippen LogP contribution in [-0.4, -0.2) is 29.4 Å². The lowest BCUT2D eigenvalue weighted by molar-refractivity contribution is 0.361. The molecule has 0 aliphatic heterocycles. The molecule has 11 heteroatoms. The van der Waals surface area contributed by atoms with Crippen LogP contribution in [0.2, 0.25) is 5.02 Å². The normalized spacial score (nSPS) is 9.10. The summed E-state index contributed by atoms with van der Waals surface area (Å²) in [7, 11) is 0. The van der Waals surface area contributed by atoms with Crippen LogP contribution in [0.5, 0.6) is 0 Å². The largest absolute Gasteiger partial charge is 0.325 e. The van der Waals surface area contributed by atoms with Crippen molar-refractivity contribution < 1.29 is 29.4 Å². The average molecular weight is 401 g/mol. The van der Waals surface area contributed by atoms with Gasteiger partial charge in [-0.1, -0.05) is 57.5 Å². The maximum Gasteiger partial charge on any atom is 0.319 e. The van der Waals surface area contributed by atoms with Gasteiger partial charge in [0.2, 0.25) is 0 Å². The van der Waals surface area contributed by atoms with E-state index in [1.165, 1.54) is 0 Å². The zero-order valence-electron chi connectivity index (χ0n) is 12.2. The Morgan fingerprint density at radius 2 is 0.905 bits per heavy atom. The molecular formula is C10H23ClO6P2S2. The Kier molecular flexibility index (Phi) is 26.2. The molecule has 128 valence electrons. The topological polar surface area (TPSA) is 121 Å². The fourth-order valence-corrected chi connectivity index (χ4v) is 0.560. The van der Waals surface area contributed by atoms with Crippen LogP contribution in [0.25, 0.3) is 0 Å². The van der Waals surface area contributed by atoms with Crippen molar-refractivity contribution in [2.45, 2.75) is 27.7 Å². The molecule has 0 bridgehead atoms. The molecule has 0 atom stereocenters. The van der Waals surface area contributed by atoms with Crippen LogP contribution in [0.3, 0.4) is 0 Å². The van der Waals surface area contributed by atoms with Crippen molar-refractivity contribution in [3.63, 3.8) is 0 Å². The molecule has 0 heterocycles. The minimum Gasteiger partial charge on any atom is -0.325 e. The molecule has 1 rings (SSSR count). The first kappa shape index (κ1) is 29.6. The highest BCUT2D eigenvalue weighted by Crippen LogP contribution is 2.26. The van der Waals surface area contributed by atoms with Crippen LogP contribution in [0.4, 0.5) is 0 Å². The standard InChI is InChI=1S/C6H5Cl.2C2H6.2H3O3PS/c7-6-4-2-1-3-5-6;2*1-2;2*1-4(2,3)5/h1-5H;2*1-2H3;2*(H3,1,2,3,5). The molecule has 1 aromatic carbocycles. The van der Waals surface area contributed by atoms with Crippen LogP contribution in [0.15, 0.2) is 30.3 Å². The van der Waals surface area contributed by atoms with Gasteiger partial charge in [-0.15, -0.1) is 0 Å². The Balaban J connectivity index is -0.0000000939. The average Bonchev–Trinajstić information content (AvgIpc) is 2.31. The van der Waals surface area contributed by atoms with Gasteiger partial charge in [-0.05, 0) is 35.7 Å². The monoisotopic (exact) mass is 400 g/mol. The van der Waals surface area contributed by atoms with Crippen molar-refractivity contribution >= 4 is 48.7 Å². The quantitative estimate of drug-likeness (QED) is 0.368. The lowest BCUT2D eigenvalue weighted by atomic mass is 10.4. The Morgan fingerprint density at radius 1 is 0.714 bits per heavy atom. The van der Waals surface area contributed by atoms with Gasteiger partial charge in [0, 0.05) is 5.02 Å². The summed E-state index contributed by atoms with van der Waals surface area (Å²) < 4.78 is 0. The van der Waals surface area contributed by atoms with E-state index in [1.807, 2.05) is 58.0 Å². The Bertz CT molecular complexity index is 359. The maximum atomic E-state index is 7.56. The van der Waals surface area contributed by atoms with Gasteiger partial charge in [0.05, 0.1) is 0 Å². The summed E-state index contributed by atoms with van der Waals surface area (Å²) in [6.07, 6.45) is 0. The van der Waals surface area contributed by atoms with Gasteiger partial charge < -0.3 is 29.4 Å². The highest BCUT2D eigenvalue weighted by molar-refractivity contribution is 8.06. The van der Waals surface area contributed by atoms with Gasteiger partial charge in [-0.2, -0.15) is 0 Å². The first-order chi connectivity index (χ1) is 9.39. The smallest absolute Gasteiger partial charge is 0.319 e. The first-order valence-electron chi connectivity index (χ1n) is 5.66. The molecule has 0 saturated carbocycles. The molecule has 0 amide bonds. The molecule has 0 radical (unpaired) electrons. The fraction of sp³-hybridized carbons (Fsp3) is 0.400. The zero-order chi connectivity index (χ0) is 18.1. The third kappa shape index (κ3) is 96.6. The summed E-state index contributed by atoms with van der Waals surface area (Å²) in [6.45, 7) is 0.389. The van der Waals surface area contributed by atoms with Crippen LogP contribution in [0.1, 0.15) is 27.7 Å². The maximum absolute atomic E-state index is 7.56. The molecular weight excluding hydrogens is 378 g/mol. The second kappa shape index (κ2) is 18.6. The fourth-order valence-electron chi connectivity index (χ4n) is 0.415. The van der Waals surface area contributed by atoms with Gasteiger partial charge in [0.1, 0.15) is 0 Å². The highest BCUT2D eigenvalue weighted by atomic mass is 35.5. The zero-order valence-corrected chi connectivity index (χ0v) is 16.3. The minimum atomic E-state index is -3.81. The molecule has 6 nitrogen and oxygen atoms in total. The van der Waals surface area contributed by atoms with Crippen LogP contribution in [-0.2, 0) is 23.6 Å². The van der Waals surface area contributed by atoms with Crippen LogP contribution in [0, 0.1) is 0 Å². The van der Waals surface area contributed by atoms with Gasteiger partial charge >= 0.3 is 13.4 Å². The van der Waals surface area contributed by atoms with E-state index in [0.29, 0.717) is 0 Å². The Morgan fingerprint density at radius 3 is 1.00 bits per heavy atom. The molecule has 0 aliphatic rings. The number of hydrogen-bond donors (Lipinski definition) is 6. The van der Waals surface area contributed by atoms with Gasteiger partial charge in [-0.25, -0.2) is 0 Å². The molecule has 1 aromatic rings. The predicted molar refractivity (Wildman–Crippen MR) is 96.0 cm³/mol. The van der Waals surface area contributed by atoms with Gasteiger partial charge in [0.15, 0.2) is 0 Å². The van der Waals surface area contributed by atoms with Crippen molar-refractivity contribution in [3.8, 4) is 0 Å². The summed E-state index contributed by atoms with van der Waals surface area (Å²) in [4.78, 5) is 45.3. The predicted octanol–water partition coefficient (Wildman–Crippen LogP) is 2.77. The molecule has 0 saturated heterocycles. The van der Waals surface area contributed by atoms with E-state index in [1.54, 1.807) is 0 Å². The first-order valence-corrected chi connectivity index (χ1v) is 11.4. The summed E-state index contributed by atoms with van der Waals surface area (Å²) in [5.41, 5.74) is 0. The Labute approximate surface area is 141 Å². The van der Waals surface area contributed by atoms with Crippen LogP contribution < -0.4 is 0 Å². The van der Waals surface area contributed by atoms with Crippen molar-refractivity contribution in [1.29, 1.82) is 0 Å². The molecule has 0 unspecified atom stereocenters. The molecule has 0 aromatic heterocycles. The lowest BCUT2D eigenvalue weighted by Gasteiger charge is -1.88. The second-order valence-electron chi connectivity index (χ2n) is 2.32. The van der Waals surface area contributed by atoms with Crippen molar-refractivity contribution in [3.05, 3.63) is 35.4 Å². The summed E-state index contributed by atoms with van der Waals surface area (Å²) in [5, 5.41) is 0.794. The summed E-state index contributed by atoms with van der Waals surface area (Å²) in [6, 6.07) is 9.44. The minimum absolute atomic E-state index is 0.794. The number of halogens is 1. The van der Waals surface area contributed by atoms with E-state index in [0.717, 1.165) is 5.02 Å².